The highest BCUT2D eigenvalue weighted by Gasteiger charge is 2.10. The molecule has 0 heterocycles. The summed E-state index contributed by atoms with van der Waals surface area (Å²) in [5, 5.41) is 2.91. The number of nitrogens with one attached hydrogen (secondary N) is 1. The second kappa shape index (κ2) is 10.6. The number of aryl methyl sites for hydroxylation is 1. The zero-order valence-corrected chi connectivity index (χ0v) is 16.5. The Balaban J connectivity index is 1.81. The molecule has 0 aliphatic rings. The molecular formula is C23H29NO3. The maximum atomic E-state index is 12.2. The fraction of sp³-hybridized carbons (Fsp3) is 0.391. The van der Waals surface area contributed by atoms with E-state index in [1.165, 1.54) is 5.56 Å². The highest BCUT2D eigenvalue weighted by atomic mass is 16.5. The van der Waals surface area contributed by atoms with E-state index >= 15 is 0 Å². The van der Waals surface area contributed by atoms with E-state index in [2.05, 4.69) is 12.2 Å². The van der Waals surface area contributed by atoms with E-state index in [-0.39, 0.29) is 30.6 Å². The van der Waals surface area contributed by atoms with Crippen molar-refractivity contribution in [3.63, 3.8) is 0 Å². The molecule has 4 heteroatoms. The Morgan fingerprint density at radius 2 is 1.63 bits per heavy atom. The quantitative estimate of drug-likeness (QED) is 0.631. The lowest BCUT2D eigenvalue weighted by atomic mass is 10.0. The van der Waals surface area contributed by atoms with Gasteiger partial charge in [-0.2, -0.15) is 0 Å². The topological polar surface area (TPSA) is 55.4 Å². The molecule has 0 fully saturated rings. The first-order valence-corrected chi connectivity index (χ1v) is 9.56. The molecule has 144 valence electrons. The van der Waals surface area contributed by atoms with Gasteiger partial charge in [0, 0.05) is 24.9 Å². The Morgan fingerprint density at radius 1 is 0.963 bits per heavy atom. The lowest BCUT2D eigenvalue weighted by Gasteiger charge is -2.13. The minimum atomic E-state index is -0.117. The summed E-state index contributed by atoms with van der Waals surface area (Å²) in [6.45, 7) is 7.04. The van der Waals surface area contributed by atoms with Crippen LogP contribution in [-0.2, 0) is 29.1 Å². The minimum Gasteiger partial charge on any atom is -0.374 e. The van der Waals surface area contributed by atoms with Crippen LogP contribution >= 0.6 is 0 Å². The van der Waals surface area contributed by atoms with Gasteiger partial charge in [-0.1, -0.05) is 55.5 Å². The van der Waals surface area contributed by atoms with Crippen LogP contribution in [0.2, 0.25) is 0 Å². The standard InChI is InChI=1S/C23H29NO3/c1-4-18-9-11-19(12-10-18)22(25)13-14-23(26)24-15-20-7-5-6-8-21(20)16-27-17(2)3/h5-12,17H,4,13-16H2,1-3H3,(H,24,26). The number of ether oxygens (including phenoxy) is 1. The monoisotopic (exact) mass is 367 g/mol. The average Bonchev–Trinajstić information content (AvgIpc) is 2.69. The van der Waals surface area contributed by atoms with Crippen molar-refractivity contribution in [2.24, 2.45) is 0 Å². The van der Waals surface area contributed by atoms with E-state index in [0.717, 1.165) is 17.5 Å². The van der Waals surface area contributed by atoms with E-state index in [1.54, 1.807) is 0 Å². The molecule has 0 atom stereocenters. The molecular weight excluding hydrogens is 338 g/mol. The first-order valence-electron chi connectivity index (χ1n) is 9.56. The Morgan fingerprint density at radius 3 is 2.26 bits per heavy atom. The van der Waals surface area contributed by atoms with Gasteiger partial charge in [-0.15, -0.1) is 0 Å². The molecule has 0 radical (unpaired) electrons. The summed E-state index contributed by atoms with van der Waals surface area (Å²) in [6, 6.07) is 15.5. The number of hydrogen-bond donors (Lipinski definition) is 1. The van der Waals surface area contributed by atoms with Gasteiger partial charge in [0.1, 0.15) is 0 Å². The first-order chi connectivity index (χ1) is 13.0. The molecule has 0 bridgehead atoms. The molecule has 0 spiro atoms. The van der Waals surface area contributed by atoms with Crippen LogP contribution in [0.25, 0.3) is 0 Å². The van der Waals surface area contributed by atoms with Crippen molar-refractivity contribution >= 4 is 11.7 Å². The van der Waals surface area contributed by atoms with Crippen LogP contribution in [0.1, 0.15) is 60.7 Å². The summed E-state index contributed by atoms with van der Waals surface area (Å²) in [7, 11) is 0. The van der Waals surface area contributed by atoms with Crippen LogP contribution in [0.15, 0.2) is 48.5 Å². The normalized spacial score (nSPS) is 10.8. The molecule has 1 amide bonds. The Kier molecular flexibility index (Phi) is 8.21. The average molecular weight is 367 g/mol. The van der Waals surface area contributed by atoms with Crippen LogP contribution < -0.4 is 5.32 Å². The van der Waals surface area contributed by atoms with Gasteiger partial charge in [-0.05, 0) is 37.0 Å². The van der Waals surface area contributed by atoms with E-state index in [1.807, 2.05) is 62.4 Å². The summed E-state index contributed by atoms with van der Waals surface area (Å²) in [5.41, 5.74) is 3.96. The molecule has 0 saturated carbocycles. The molecule has 0 aromatic heterocycles. The van der Waals surface area contributed by atoms with Crippen molar-refractivity contribution in [1.82, 2.24) is 5.32 Å². The third kappa shape index (κ3) is 6.99. The summed E-state index contributed by atoms with van der Waals surface area (Å²) < 4.78 is 5.66. The van der Waals surface area contributed by atoms with Gasteiger partial charge in [-0.25, -0.2) is 0 Å². The third-order valence-electron chi connectivity index (χ3n) is 4.43. The van der Waals surface area contributed by atoms with Gasteiger partial charge in [0.15, 0.2) is 5.78 Å². The minimum absolute atomic E-state index is 0.00135. The largest absolute Gasteiger partial charge is 0.374 e. The Hall–Kier alpha value is -2.46. The summed E-state index contributed by atoms with van der Waals surface area (Å²) in [6.07, 6.45) is 1.51. The third-order valence-corrected chi connectivity index (χ3v) is 4.43. The van der Waals surface area contributed by atoms with Crippen LogP contribution in [-0.4, -0.2) is 17.8 Å². The van der Waals surface area contributed by atoms with Gasteiger partial charge in [0.2, 0.25) is 5.91 Å². The second-order valence-electron chi connectivity index (χ2n) is 6.88. The molecule has 0 unspecified atom stereocenters. The van der Waals surface area contributed by atoms with E-state index in [4.69, 9.17) is 4.74 Å². The number of amides is 1. The predicted octanol–water partition coefficient (Wildman–Crippen LogP) is 4.45. The second-order valence-corrected chi connectivity index (χ2v) is 6.88. The van der Waals surface area contributed by atoms with Gasteiger partial charge >= 0.3 is 0 Å². The van der Waals surface area contributed by atoms with Crippen LogP contribution in [0, 0.1) is 0 Å². The Bertz CT molecular complexity index is 750. The number of carbonyl (C=O) groups is 2. The zero-order chi connectivity index (χ0) is 19.6. The van der Waals surface area contributed by atoms with Gasteiger partial charge in [0.05, 0.1) is 12.7 Å². The van der Waals surface area contributed by atoms with Crippen LogP contribution in [0.5, 0.6) is 0 Å². The first kappa shape index (κ1) is 20.8. The van der Waals surface area contributed by atoms with Gasteiger partial charge in [0.25, 0.3) is 0 Å². The molecule has 0 saturated heterocycles. The maximum Gasteiger partial charge on any atom is 0.220 e. The predicted molar refractivity (Wildman–Crippen MR) is 108 cm³/mol. The number of ketones is 1. The summed E-state index contributed by atoms with van der Waals surface area (Å²) in [5.74, 6) is -0.119. The van der Waals surface area contributed by atoms with Crippen LogP contribution in [0.4, 0.5) is 0 Å². The van der Waals surface area contributed by atoms with Crippen molar-refractivity contribution < 1.29 is 14.3 Å². The highest BCUT2D eigenvalue weighted by molar-refractivity contribution is 5.97. The van der Waals surface area contributed by atoms with Crippen molar-refractivity contribution in [3.05, 3.63) is 70.8 Å². The molecule has 27 heavy (non-hydrogen) atoms. The summed E-state index contributed by atoms with van der Waals surface area (Å²) >= 11 is 0. The van der Waals surface area contributed by atoms with Gasteiger partial charge < -0.3 is 10.1 Å². The van der Waals surface area contributed by atoms with Gasteiger partial charge in [-0.3, -0.25) is 9.59 Å². The number of hydrogen-bond acceptors (Lipinski definition) is 3. The molecule has 2 aromatic carbocycles. The van der Waals surface area contributed by atoms with Crippen molar-refractivity contribution in [3.8, 4) is 0 Å². The van der Waals surface area contributed by atoms with Crippen molar-refractivity contribution in [1.29, 1.82) is 0 Å². The van der Waals surface area contributed by atoms with Crippen molar-refractivity contribution in [2.45, 2.75) is 59.3 Å². The lowest BCUT2D eigenvalue weighted by Crippen LogP contribution is -2.24. The van der Waals surface area contributed by atoms with E-state index < -0.39 is 0 Å². The van der Waals surface area contributed by atoms with E-state index in [0.29, 0.717) is 18.7 Å². The lowest BCUT2D eigenvalue weighted by molar-refractivity contribution is -0.121. The number of rotatable bonds is 10. The SMILES string of the molecule is CCc1ccc(C(=O)CCC(=O)NCc2ccccc2COC(C)C)cc1. The highest BCUT2D eigenvalue weighted by Crippen LogP contribution is 2.12. The number of carbonyl (C=O) groups excluding carboxylic acids is 2. The number of Topliss-reactive ketones (excluding diaryl/α,β-unsaturated/α-hetero) is 1. The zero-order valence-electron chi connectivity index (χ0n) is 16.5. The number of benzene rings is 2. The van der Waals surface area contributed by atoms with E-state index in [9.17, 15) is 9.59 Å². The van der Waals surface area contributed by atoms with Crippen LogP contribution in [0.3, 0.4) is 0 Å². The molecule has 2 aromatic rings. The molecule has 0 aliphatic heterocycles. The summed E-state index contributed by atoms with van der Waals surface area (Å²) in [4.78, 5) is 24.4. The molecule has 0 aliphatic carbocycles. The Labute approximate surface area is 161 Å². The fourth-order valence-corrected chi connectivity index (χ4v) is 2.71. The molecule has 4 nitrogen and oxygen atoms in total. The fourth-order valence-electron chi connectivity index (χ4n) is 2.71. The van der Waals surface area contributed by atoms with Crippen molar-refractivity contribution in [2.75, 3.05) is 0 Å². The molecule has 1 N–H and O–H groups in total. The smallest absolute Gasteiger partial charge is 0.220 e. The molecule has 2 rings (SSSR count). The maximum absolute atomic E-state index is 12.2.